The van der Waals surface area contributed by atoms with Crippen LogP contribution in [-0.4, -0.2) is 29.9 Å². The topological polar surface area (TPSA) is 60.8 Å². The van der Waals surface area contributed by atoms with Crippen LogP contribution >= 0.6 is 0 Å². The molecular formula is C16H14N2O3. The average molecular weight is 282 g/mol. The molecule has 0 fully saturated rings. The summed E-state index contributed by atoms with van der Waals surface area (Å²) in [6.07, 6.45) is 3.32. The molecule has 0 spiro atoms. The van der Waals surface area contributed by atoms with E-state index >= 15 is 0 Å². The Balaban J connectivity index is 1.55. The Morgan fingerprint density at radius 1 is 1.05 bits per heavy atom. The van der Waals surface area contributed by atoms with Crippen LogP contribution in [0.15, 0.2) is 53.8 Å². The summed E-state index contributed by atoms with van der Waals surface area (Å²) in [6, 6.07) is 11.2. The van der Waals surface area contributed by atoms with Crippen LogP contribution < -0.4 is 4.74 Å². The lowest BCUT2D eigenvalue weighted by molar-refractivity contribution is 0.0988. The van der Waals surface area contributed by atoms with Gasteiger partial charge in [-0.15, -0.1) is 0 Å². The highest BCUT2D eigenvalue weighted by Gasteiger charge is 2.20. The summed E-state index contributed by atoms with van der Waals surface area (Å²) in [4.78, 5) is 20.2. The number of carbonyl (C=O) groups is 1. The van der Waals surface area contributed by atoms with Crippen molar-refractivity contribution in [1.29, 1.82) is 0 Å². The zero-order valence-corrected chi connectivity index (χ0v) is 11.4. The fraction of sp³-hybridized carbons (Fsp3) is 0.188. The number of Topliss-reactive ketones (excluding diaryl/α,β-unsaturated/α-hetero) is 1. The molecule has 5 nitrogen and oxygen atoms in total. The standard InChI is InChI=1S/C16H14N2O3/c19-15-10-16(18-14-6-7-17-11-13(14)15)21-9-8-20-12-4-2-1-3-5-12/h1-7,11H,8-10H2. The number of aromatic nitrogens is 1. The van der Waals surface area contributed by atoms with E-state index < -0.39 is 0 Å². The monoisotopic (exact) mass is 282 g/mol. The maximum atomic E-state index is 11.9. The van der Waals surface area contributed by atoms with Crippen molar-refractivity contribution < 1.29 is 14.3 Å². The second-order valence-corrected chi connectivity index (χ2v) is 4.51. The van der Waals surface area contributed by atoms with Crippen LogP contribution in [0.5, 0.6) is 5.75 Å². The van der Waals surface area contributed by atoms with Crippen molar-refractivity contribution in [3.63, 3.8) is 0 Å². The molecular weight excluding hydrogens is 268 g/mol. The number of ketones is 1. The summed E-state index contributed by atoms with van der Waals surface area (Å²) >= 11 is 0. The summed E-state index contributed by atoms with van der Waals surface area (Å²) in [5.74, 6) is 1.20. The maximum Gasteiger partial charge on any atom is 0.196 e. The minimum Gasteiger partial charge on any atom is -0.490 e. The number of ether oxygens (including phenoxy) is 2. The number of pyridine rings is 1. The van der Waals surface area contributed by atoms with E-state index in [0.29, 0.717) is 30.4 Å². The summed E-state index contributed by atoms with van der Waals surface area (Å²) < 4.78 is 11.0. The molecule has 106 valence electrons. The predicted molar refractivity (Wildman–Crippen MR) is 78.2 cm³/mol. The highest BCUT2D eigenvalue weighted by molar-refractivity contribution is 6.13. The molecule has 0 unspecified atom stereocenters. The highest BCUT2D eigenvalue weighted by Crippen LogP contribution is 2.24. The van der Waals surface area contributed by atoms with E-state index in [-0.39, 0.29) is 12.2 Å². The first-order chi connectivity index (χ1) is 10.3. The molecule has 0 saturated heterocycles. The lowest BCUT2D eigenvalue weighted by Crippen LogP contribution is -2.19. The van der Waals surface area contributed by atoms with Crippen LogP contribution in [0.2, 0.25) is 0 Å². The van der Waals surface area contributed by atoms with Gasteiger partial charge in [0, 0.05) is 12.4 Å². The Morgan fingerprint density at radius 2 is 1.86 bits per heavy atom. The number of carbonyl (C=O) groups excluding carboxylic acids is 1. The molecule has 0 radical (unpaired) electrons. The average Bonchev–Trinajstić information content (AvgIpc) is 2.53. The van der Waals surface area contributed by atoms with Crippen LogP contribution in [0.25, 0.3) is 0 Å². The second kappa shape index (κ2) is 6.17. The van der Waals surface area contributed by atoms with Crippen LogP contribution in [0, 0.1) is 0 Å². The highest BCUT2D eigenvalue weighted by atomic mass is 16.5. The van der Waals surface area contributed by atoms with Gasteiger partial charge in [-0.05, 0) is 18.2 Å². The Hall–Kier alpha value is -2.69. The second-order valence-electron chi connectivity index (χ2n) is 4.51. The van der Waals surface area contributed by atoms with Gasteiger partial charge in [-0.1, -0.05) is 18.2 Å². The fourth-order valence-electron chi connectivity index (χ4n) is 2.02. The lowest BCUT2D eigenvalue weighted by Gasteiger charge is -2.15. The zero-order valence-electron chi connectivity index (χ0n) is 11.4. The third-order valence-corrected chi connectivity index (χ3v) is 3.02. The van der Waals surface area contributed by atoms with Gasteiger partial charge >= 0.3 is 0 Å². The molecule has 0 bridgehead atoms. The first-order valence-electron chi connectivity index (χ1n) is 6.68. The van der Waals surface area contributed by atoms with Crippen molar-refractivity contribution in [2.24, 2.45) is 4.99 Å². The van der Waals surface area contributed by atoms with Crippen molar-refractivity contribution in [2.75, 3.05) is 13.2 Å². The molecule has 2 heterocycles. The van der Waals surface area contributed by atoms with Gasteiger partial charge in [0.05, 0.1) is 17.7 Å². The number of para-hydroxylation sites is 1. The van der Waals surface area contributed by atoms with E-state index in [1.807, 2.05) is 30.3 Å². The summed E-state index contributed by atoms with van der Waals surface area (Å²) in [7, 11) is 0. The molecule has 21 heavy (non-hydrogen) atoms. The van der Waals surface area contributed by atoms with Crippen molar-refractivity contribution in [2.45, 2.75) is 6.42 Å². The van der Waals surface area contributed by atoms with Crippen molar-refractivity contribution in [3.8, 4) is 5.75 Å². The van der Waals surface area contributed by atoms with E-state index in [9.17, 15) is 4.79 Å². The van der Waals surface area contributed by atoms with Gasteiger partial charge in [0.1, 0.15) is 19.0 Å². The largest absolute Gasteiger partial charge is 0.490 e. The van der Waals surface area contributed by atoms with Crippen LogP contribution in [0.4, 0.5) is 5.69 Å². The first-order valence-corrected chi connectivity index (χ1v) is 6.68. The number of benzene rings is 1. The molecule has 0 aliphatic carbocycles. The third-order valence-electron chi connectivity index (χ3n) is 3.02. The van der Waals surface area contributed by atoms with Gasteiger partial charge in [-0.25, -0.2) is 4.99 Å². The number of aliphatic imine (C=N–C) groups is 1. The van der Waals surface area contributed by atoms with Gasteiger partial charge in [-0.3, -0.25) is 9.78 Å². The number of nitrogens with zero attached hydrogens (tertiary/aromatic N) is 2. The molecule has 1 aliphatic heterocycles. The smallest absolute Gasteiger partial charge is 0.196 e. The molecule has 0 saturated carbocycles. The van der Waals surface area contributed by atoms with E-state index in [0.717, 1.165) is 5.75 Å². The molecule has 0 amide bonds. The quantitative estimate of drug-likeness (QED) is 0.809. The molecule has 1 aromatic heterocycles. The van der Waals surface area contributed by atoms with Crippen LogP contribution in [-0.2, 0) is 4.74 Å². The molecule has 1 aliphatic rings. The van der Waals surface area contributed by atoms with Crippen LogP contribution in [0.3, 0.4) is 0 Å². The van der Waals surface area contributed by atoms with Crippen molar-refractivity contribution in [3.05, 3.63) is 54.4 Å². The predicted octanol–water partition coefficient (Wildman–Crippen LogP) is 2.79. The Kier molecular flexibility index (Phi) is 3.91. The lowest BCUT2D eigenvalue weighted by atomic mass is 10.1. The van der Waals surface area contributed by atoms with Crippen molar-refractivity contribution >= 4 is 17.4 Å². The normalized spacial score (nSPS) is 13.3. The molecule has 0 atom stereocenters. The summed E-state index contributed by atoms with van der Waals surface area (Å²) in [5.41, 5.74) is 1.16. The zero-order chi connectivity index (χ0) is 14.5. The number of hydrogen-bond donors (Lipinski definition) is 0. The molecule has 2 aromatic rings. The van der Waals surface area contributed by atoms with E-state index in [4.69, 9.17) is 9.47 Å². The van der Waals surface area contributed by atoms with Gasteiger partial charge in [0.2, 0.25) is 0 Å². The molecule has 3 rings (SSSR count). The van der Waals surface area contributed by atoms with Gasteiger partial charge < -0.3 is 9.47 Å². The summed E-state index contributed by atoms with van der Waals surface area (Å²) in [6.45, 7) is 0.752. The van der Waals surface area contributed by atoms with E-state index in [1.54, 1.807) is 12.3 Å². The van der Waals surface area contributed by atoms with Crippen LogP contribution in [0.1, 0.15) is 16.8 Å². The SMILES string of the molecule is O=C1CC(OCCOc2ccccc2)=Nc2ccncc21. The Bertz CT molecular complexity index is 668. The van der Waals surface area contributed by atoms with E-state index in [2.05, 4.69) is 9.98 Å². The summed E-state index contributed by atoms with van der Waals surface area (Å²) in [5, 5.41) is 0. The van der Waals surface area contributed by atoms with Gasteiger partial charge in [-0.2, -0.15) is 0 Å². The third kappa shape index (κ3) is 3.25. The molecule has 0 N–H and O–H groups in total. The van der Waals surface area contributed by atoms with Gasteiger partial charge in [0.15, 0.2) is 11.7 Å². The number of rotatable bonds is 4. The maximum absolute atomic E-state index is 11.9. The minimum absolute atomic E-state index is 0.0212. The van der Waals surface area contributed by atoms with E-state index in [1.165, 1.54) is 6.20 Å². The number of hydrogen-bond acceptors (Lipinski definition) is 5. The Morgan fingerprint density at radius 3 is 2.71 bits per heavy atom. The first kappa shape index (κ1) is 13.3. The number of fused-ring (bicyclic) bond motifs is 1. The van der Waals surface area contributed by atoms with Crippen molar-refractivity contribution in [1.82, 2.24) is 4.98 Å². The molecule has 1 aromatic carbocycles. The molecule has 5 heteroatoms. The van der Waals surface area contributed by atoms with Gasteiger partial charge in [0.25, 0.3) is 0 Å². The Labute approximate surface area is 122 Å². The minimum atomic E-state index is -0.0212. The fourth-order valence-corrected chi connectivity index (χ4v) is 2.02.